The molecule has 0 fully saturated rings. The number of rotatable bonds is 7. The Morgan fingerprint density at radius 3 is 2.69 bits per heavy atom. The molecule has 2 aromatic heterocycles. The minimum atomic E-state index is -0.637. The SMILES string of the molecule is N#C/C(=C\c1ccc(-c2ccc([N+](=O)[O-])cc2)o1)C(=O)Nc1ncc(Cc2cccc(Cl)c2Cl)s1. The first-order valence-corrected chi connectivity index (χ1v) is 11.6. The summed E-state index contributed by atoms with van der Waals surface area (Å²) < 4.78 is 5.68. The lowest BCUT2D eigenvalue weighted by Gasteiger charge is -2.03. The molecule has 8 nitrogen and oxygen atoms in total. The molecule has 0 aliphatic rings. The Labute approximate surface area is 213 Å². The van der Waals surface area contributed by atoms with Crippen molar-refractivity contribution >= 4 is 57.3 Å². The van der Waals surface area contributed by atoms with Gasteiger partial charge in [0.1, 0.15) is 23.2 Å². The number of amides is 1. The van der Waals surface area contributed by atoms with E-state index < -0.39 is 10.8 Å². The van der Waals surface area contributed by atoms with Crippen LogP contribution in [0.3, 0.4) is 0 Å². The van der Waals surface area contributed by atoms with Gasteiger partial charge in [0, 0.05) is 41.3 Å². The number of thiazole rings is 1. The van der Waals surface area contributed by atoms with E-state index in [0.717, 1.165) is 10.4 Å². The molecule has 0 saturated carbocycles. The molecule has 0 spiro atoms. The average molecular weight is 525 g/mol. The highest BCUT2D eigenvalue weighted by molar-refractivity contribution is 7.15. The van der Waals surface area contributed by atoms with Gasteiger partial charge in [-0.05, 0) is 35.9 Å². The molecular weight excluding hydrogens is 511 g/mol. The van der Waals surface area contributed by atoms with E-state index in [2.05, 4.69) is 10.3 Å². The summed E-state index contributed by atoms with van der Waals surface area (Å²) in [6.07, 6.45) is 3.42. The van der Waals surface area contributed by atoms with E-state index in [1.807, 2.05) is 12.1 Å². The summed E-state index contributed by atoms with van der Waals surface area (Å²) in [5, 5.41) is 24.1. The number of non-ortho nitro benzene ring substituents is 1. The number of furan rings is 1. The minimum Gasteiger partial charge on any atom is -0.457 e. The molecule has 1 amide bonds. The molecule has 0 radical (unpaired) electrons. The lowest BCUT2D eigenvalue weighted by atomic mass is 10.1. The monoisotopic (exact) mass is 524 g/mol. The van der Waals surface area contributed by atoms with Gasteiger partial charge in [0.2, 0.25) is 0 Å². The highest BCUT2D eigenvalue weighted by atomic mass is 35.5. The Morgan fingerprint density at radius 1 is 1.20 bits per heavy atom. The number of nitrogens with one attached hydrogen (secondary N) is 1. The summed E-state index contributed by atoms with van der Waals surface area (Å²) in [7, 11) is 0. The first kappa shape index (κ1) is 24.2. The summed E-state index contributed by atoms with van der Waals surface area (Å²) in [6, 6.07) is 16.3. The van der Waals surface area contributed by atoms with Crippen LogP contribution >= 0.6 is 34.5 Å². The number of carbonyl (C=O) groups excluding carboxylic acids is 1. The molecule has 0 saturated heterocycles. The number of carbonyl (C=O) groups is 1. The standard InChI is InChI=1S/C24H14Cl2N4O4S/c25-20-3-1-2-15(22(20)26)11-19-13-28-24(35-19)29-23(31)16(12-27)10-18-8-9-21(34-18)14-4-6-17(7-5-14)30(32)33/h1-10,13H,11H2,(H,28,29,31)/b16-10+. The van der Waals surface area contributed by atoms with Gasteiger partial charge in [-0.25, -0.2) is 4.98 Å². The zero-order valence-electron chi connectivity index (χ0n) is 17.7. The lowest BCUT2D eigenvalue weighted by molar-refractivity contribution is -0.384. The largest absolute Gasteiger partial charge is 0.457 e. The number of benzene rings is 2. The smallest absolute Gasteiger partial charge is 0.269 e. The third-order valence-corrected chi connectivity index (χ3v) is 6.58. The van der Waals surface area contributed by atoms with Gasteiger partial charge in [-0.1, -0.05) is 35.3 Å². The molecule has 2 aromatic carbocycles. The zero-order valence-corrected chi connectivity index (χ0v) is 20.0. The summed E-state index contributed by atoms with van der Waals surface area (Å²) in [5.41, 5.74) is 1.24. The minimum absolute atomic E-state index is 0.0372. The maximum Gasteiger partial charge on any atom is 0.269 e. The van der Waals surface area contributed by atoms with Gasteiger partial charge < -0.3 is 4.42 Å². The van der Waals surface area contributed by atoms with Crippen LogP contribution in [0.2, 0.25) is 10.0 Å². The topological polar surface area (TPSA) is 122 Å². The van der Waals surface area contributed by atoms with E-state index in [0.29, 0.717) is 32.9 Å². The van der Waals surface area contributed by atoms with Gasteiger partial charge >= 0.3 is 0 Å². The first-order chi connectivity index (χ1) is 16.8. The molecule has 4 aromatic rings. The molecule has 0 aliphatic carbocycles. The van der Waals surface area contributed by atoms with Crippen LogP contribution in [-0.2, 0) is 11.2 Å². The van der Waals surface area contributed by atoms with E-state index in [-0.39, 0.29) is 17.0 Å². The fourth-order valence-corrected chi connectivity index (χ4v) is 4.33. The van der Waals surface area contributed by atoms with Crippen molar-refractivity contribution in [3.8, 4) is 17.4 Å². The fraction of sp³-hybridized carbons (Fsp3) is 0.0417. The number of nitrogens with zero attached hydrogens (tertiary/aromatic N) is 3. The third-order valence-electron chi connectivity index (χ3n) is 4.81. The van der Waals surface area contributed by atoms with Gasteiger partial charge in [0.25, 0.3) is 11.6 Å². The second-order valence-electron chi connectivity index (χ2n) is 7.15. The van der Waals surface area contributed by atoms with Gasteiger partial charge in [0.05, 0.1) is 15.0 Å². The number of nitro benzene ring substituents is 1. The van der Waals surface area contributed by atoms with Crippen LogP contribution in [0.25, 0.3) is 17.4 Å². The van der Waals surface area contributed by atoms with Crippen LogP contribution in [0, 0.1) is 21.4 Å². The van der Waals surface area contributed by atoms with Crippen LogP contribution in [0.1, 0.15) is 16.2 Å². The normalized spacial score (nSPS) is 11.2. The van der Waals surface area contributed by atoms with Crippen LogP contribution in [-0.4, -0.2) is 15.8 Å². The molecular formula is C24H14Cl2N4O4S. The van der Waals surface area contributed by atoms with Gasteiger partial charge in [0.15, 0.2) is 5.13 Å². The van der Waals surface area contributed by atoms with Gasteiger partial charge in [-0.15, -0.1) is 11.3 Å². The van der Waals surface area contributed by atoms with E-state index in [1.54, 1.807) is 42.6 Å². The van der Waals surface area contributed by atoms with E-state index in [4.69, 9.17) is 27.6 Å². The summed E-state index contributed by atoms with van der Waals surface area (Å²) in [6.45, 7) is 0. The Bertz CT molecular complexity index is 1490. The van der Waals surface area contributed by atoms with Crippen molar-refractivity contribution in [2.75, 3.05) is 5.32 Å². The number of nitriles is 1. The number of hydrogen-bond acceptors (Lipinski definition) is 7. The number of nitro groups is 1. The molecule has 35 heavy (non-hydrogen) atoms. The van der Waals surface area contributed by atoms with E-state index in [9.17, 15) is 20.2 Å². The van der Waals surface area contributed by atoms with Crippen molar-refractivity contribution in [1.29, 1.82) is 5.26 Å². The second kappa shape index (κ2) is 10.5. The highest BCUT2D eigenvalue weighted by Crippen LogP contribution is 2.30. The van der Waals surface area contributed by atoms with Crippen molar-refractivity contribution < 1.29 is 14.1 Å². The zero-order chi connectivity index (χ0) is 24.9. The molecule has 0 unspecified atom stereocenters. The van der Waals surface area contributed by atoms with Crippen molar-refractivity contribution in [2.45, 2.75) is 6.42 Å². The third kappa shape index (κ3) is 5.75. The molecule has 0 aliphatic heterocycles. The average Bonchev–Trinajstić information content (AvgIpc) is 3.50. The molecule has 11 heteroatoms. The molecule has 1 N–H and O–H groups in total. The predicted octanol–water partition coefficient (Wildman–Crippen LogP) is 6.75. The Balaban J connectivity index is 1.45. The fourth-order valence-electron chi connectivity index (χ4n) is 3.11. The second-order valence-corrected chi connectivity index (χ2v) is 9.05. The number of hydrogen-bond donors (Lipinski definition) is 1. The maximum absolute atomic E-state index is 12.6. The molecule has 0 bridgehead atoms. The van der Waals surface area contributed by atoms with Crippen LogP contribution < -0.4 is 5.32 Å². The molecule has 2 heterocycles. The van der Waals surface area contributed by atoms with Gasteiger partial charge in [-0.3, -0.25) is 20.2 Å². The number of halogens is 2. The maximum atomic E-state index is 12.6. The van der Waals surface area contributed by atoms with Crippen LogP contribution in [0.15, 0.2) is 70.8 Å². The quantitative estimate of drug-likeness (QED) is 0.123. The highest BCUT2D eigenvalue weighted by Gasteiger charge is 2.15. The van der Waals surface area contributed by atoms with Crippen LogP contribution in [0.4, 0.5) is 10.8 Å². The van der Waals surface area contributed by atoms with Crippen molar-refractivity contribution in [3.05, 3.63) is 103 Å². The number of aromatic nitrogens is 1. The Kier molecular flexibility index (Phi) is 7.27. The molecule has 0 atom stereocenters. The van der Waals surface area contributed by atoms with Gasteiger partial charge in [-0.2, -0.15) is 5.26 Å². The number of anilines is 1. The van der Waals surface area contributed by atoms with Crippen molar-refractivity contribution in [1.82, 2.24) is 4.98 Å². The summed E-state index contributed by atoms with van der Waals surface area (Å²) >= 11 is 13.5. The van der Waals surface area contributed by atoms with Crippen molar-refractivity contribution in [3.63, 3.8) is 0 Å². The predicted molar refractivity (Wildman–Crippen MR) is 134 cm³/mol. The Morgan fingerprint density at radius 2 is 1.97 bits per heavy atom. The van der Waals surface area contributed by atoms with Crippen LogP contribution in [0.5, 0.6) is 0 Å². The van der Waals surface area contributed by atoms with E-state index in [1.165, 1.54) is 29.5 Å². The Hall–Kier alpha value is -3.97. The molecule has 4 rings (SSSR count). The lowest BCUT2D eigenvalue weighted by Crippen LogP contribution is -2.13. The molecule has 174 valence electrons. The van der Waals surface area contributed by atoms with Crippen molar-refractivity contribution in [2.24, 2.45) is 0 Å². The van der Waals surface area contributed by atoms with E-state index >= 15 is 0 Å². The first-order valence-electron chi connectivity index (χ1n) is 9.99. The summed E-state index contributed by atoms with van der Waals surface area (Å²) in [4.78, 5) is 28.0. The summed E-state index contributed by atoms with van der Waals surface area (Å²) in [5.74, 6) is 0.0797.